The van der Waals surface area contributed by atoms with Gasteiger partial charge in [0.25, 0.3) is 0 Å². The molecule has 0 saturated heterocycles. The largest absolute Gasteiger partial charge is 0.464 e. The zero-order valence-electron chi connectivity index (χ0n) is 7.95. The number of nitrogens with two attached hydrogens (primary N) is 2. The first kappa shape index (κ1) is 9.64. The van der Waals surface area contributed by atoms with Gasteiger partial charge >= 0.3 is 0 Å². The molecule has 0 aliphatic carbocycles. The van der Waals surface area contributed by atoms with E-state index in [0.29, 0.717) is 0 Å². The fraction of sp³-hybridized carbons (Fsp3) is 0.444. The van der Waals surface area contributed by atoms with Crippen LogP contribution in [-0.4, -0.2) is 5.96 Å². The highest BCUT2D eigenvalue weighted by atomic mass is 16.3. The number of nitrogens with zero attached hydrogens (tertiary/aromatic N) is 1. The highest BCUT2D eigenvalue weighted by Gasteiger charge is 2.11. The third kappa shape index (κ3) is 2.50. The lowest BCUT2D eigenvalue weighted by Gasteiger charge is -2.06. The molecular weight excluding hydrogens is 166 g/mol. The lowest BCUT2D eigenvalue weighted by Crippen LogP contribution is -2.23. The molecule has 1 heterocycles. The number of aryl methyl sites for hydroxylation is 1. The second-order valence-corrected chi connectivity index (χ2v) is 2.93. The molecule has 1 aromatic rings. The molecule has 0 radical (unpaired) electrons. The highest BCUT2D eigenvalue weighted by Crippen LogP contribution is 2.22. The first-order valence-corrected chi connectivity index (χ1v) is 4.28. The minimum Gasteiger partial charge on any atom is -0.464 e. The van der Waals surface area contributed by atoms with Gasteiger partial charge in [0.2, 0.25) is 0 Å². The molecule has 0 spiro atoms. The summed E-state index contributed by atoms with van der Waals surface area (Å²) >= 11 is 0. The Kier molecular flexibility index (Phi) is 2.95. The Morgan fingerprint density at radius 3 is 2.62 bits per heavy atom. The molecule has 4 heteroatoms. The molecule has 0 aromatic carbocycles. The van der Waals surface area contributed by atoms with Crippen LogP contribution >= 0.6 is 0 Å². The summed E-state index contributed by atoms with van der Waals surface area (Å²) < 4.78 is 5.42. The minimum absolute atomic E-state index is 0.0568. The van der Waals surface area contributed by atoms with Crippen LogP contribution in [0, 0.1) is 6.92 Å². The van der Waals surface area contributed by atoms with Gasteiger partial charge in [-0.2, -0.15) is 0 Å². The van der Waals surface area contributed by atoms with E-state index in [-0.39, 0.29) is 12.0 Å². The molecule has 1 atom stereocenters. The number of aliphatic imine (C=N–C) groups is 1. The Labute approximate surface area is 77.6 Å². The molecule has 13 heavy (non-hydrogen) atoms. The lowest BCUT2D eigenvalue weighted by molar-refractivity contribution is 0.442. The molecule has 4 nitrogen and oxygen atoms in total. The summed E-state index contributed by atoms with van der Waals surface area (Å²) in [5, 5.41) is 0. The van der Waals surface area contributed by atoms with Crippen molar-refractivity contribution in [1.29, 1.82) is 0 Å². The first-order valence-electron chi connectivity index (χ1n) is 4.28. The van der Waals surface area contributed by atoms with Gasteiger partial charge < -0.3 is 15.9 Å². The molecule has 0 amide bonds. The molecule has 0 fully saturated rings. The van der Waals surface area contributed by atoms with Crippen LogP contribution in [0.2, 0.25) is 0 Å². The Morgan fingerprint density at radius 1 is 1.54 bits per heavy atom. The van der Waals surface area contributed by atoms with E-state index in [1.54, 1.807) is 0 Å². The van der Waals surface area contributed by atoms with E-state index in [0.717, 1.165) is 17.9 Å². The van der Waals surface area contributed by atoms with E-state index < -0.39 is 0 Å². The summed E-state index contributed by atoms with van der Waals surface area (Å²) in [5.74, 6) is 1.79. The molecule has 72 valence electrons. The van der Waals surface area contributed by atoms with E-state index in [1.807, 2.05) is 26.0 Å². The normalized spacial score (nSPS) is 12.5. The molecule has 1 rings (SSSR count). The smallest absolute Gasteiger partial charge is 0.186 e. The van der Waals surface area contributed by atoms with Crippen molar-refractivity contribution in [3.05, 3.63) is 23.7 Å². The van der Waals surface area contributed by atoms with Crippen molar-refractivity contribution >= 4 is 5.96 Å². The van der Waals surface area contributed by atoms with Crippen LogP contribution in [0.4, 0.5) is 0 Å². The van der Waals surface area contributed by atoms with E-state index in [4.69, 9.17) is 15.9 Å². The average Bonchev–Trinajstić information content (AvgIpc) is 2.47. The molecule has 0 saturated carbocycles. The van der Waals surface area contributed by atoms with Crippen LogP contribution in [0.25, 0.3) is 0 Å². The van der Waals surface area contributed by atoms with Gasteiger partial charge in [-0.25, -0.2) is 4.99 Å². The second kappa shape index (κ2) is 3.98. The number of furan rings is 1. The summed E-state index contributed by atoms with van der Waals surface area (Å²) in [4.78, 5) is 4.06. The summed E-state index contributed by atoms with van der Waals surface area (Å²) in [5.41, 5.74) is 10.6. The summed E-state index contributed by atoms with van der Waals surface area (Å²) in [6.07, 6.45) is 0.824. The third-order valence-corrected chi connectivity index (χ3v) is 1.78. The molecule has 0 bridgehead atoms. The monoisotopic (exact) mass is 181 g/mol. The topological polar surface area (TPSA) is 77.5 Å². The van der Waals surface area contributed by atoms with Gasteiger partial charge in [-0.1, -0.05) is 6.92 Å². The van der Waals surface area contributed by atoms with E-state index in [2.05, 4.69) is 4.99 Å². The van der Waals surface area contributed by atoms with Crippen LogP contribution in [-0.2, 0) is 0 Å². The quantitative estimate of drug-likeness (QED) is 0.545. The number of hydrogen-bond donors (Lipinski definition) is 2. The summed E-state index contributed by atoms with van der Waals surface area (Å²) in [6.45, 7) is 3.90. The zero-order chi connectivity index (χ0) is 9.84. The first-order chi connectivity index (χ1) is 6.13. The van der Waals surface area contributed by atoms with Crippen molar-refractivity contribution in [1.82, 2.24) is 0 Å². The standard InChI is InChI=1S/C9H15N3O/c1-3-7(12-9(10)11)8-5-4-6(2)13-8/h4-5,7H,3H2,1-2H3,(H4,10,11,12)/t7-/m1/s1. The average molecular weight is 181 g/mol. The van der Waals surface area contributed by atoms with E-state index in [9.17, 15) is 0 Å². The number of rotatable bonds is 3. The van der Waals surface area contributed by atoms with Gasteiger partial charge in [0.1, 0.15) is 17.6 Å². The molecular formula is C9H15N3O. The maximum Gasteiger partial charge on any atom is 0.186 e. The Bertz CT molecular complexity index is 300. The Balaban J connectivity index is 2.84. The fourth-order valence-electron chi connectivity index (χ4n) is 1.17. The lowest BCUT2D eigenvalue weighted by atomic mass is 10.2. The van der Waals surface area contributed by atoms with E-state index in [1.165, 1.54) is 0 Å². The van der Waals surface area contributed by atoms with Gasteiger partial charge in [0, 0.05) is 0 Å². The molecule has 4 N–H and O–H groups in total. The number of hydrogen-bond acceptors (Lipinski definition) is 2. The molecule has 0 aliphatic rings. The van der Waals surface area contributed by atoms with Gasteiger partial charge in [0.15, 0.2) is 5.96 Å². The van der Waals surface area contributed by atoms with Crippen molar-refractivity contribution in [2.45, 2.75) is 26.3 Å². The van der Waals surface area contributed by atoms with Crippen LogP contribution in [0.3, 0.4) is 0 Å². The van der Waals surface area contributed by atoms with E-state index >= 15 is 0 Å². The summed E-state index contributed by atoms with van der Waals surface area (Å²) in [7, 11) is 0. The third-order valence-electron chi connectivity index (χ3n) is 1.78. The van der Waals surface area contributed by atoms with Crippen LogP contribution < -0.4 is 11.5 Å². The second-order valence-electron chi connectivity index (χ2n) is 2.93. The zero-order valence-corrected chi connectivity index (χ0v) is 7.95. The van der Waals surface area contributed by atoms with Crippen molar-refractivity contribution in [2.75, 3.05) is 0 Å². The van der Waals surface area contributed by atoms with Crippen molar-refractivity contribution < 1.29 is 4.42 Å². The van der Waals surface area contributed by atoms with Gasteiger partial charge in [0.05, 0.1) is 0 Å². The van der Waals surface area contributed by atoms with Gasteiger partial charge in [-0.3, -0.25) is 0 Å². The maximum atomic E-state index is 5.42. The molecule has 1 aromatic heterocycles. The SMILES string of the molecule is CC[C@@H](N=C(N)N)c1ccc(C)o1. The van der Waals surface area contributed by atoms with Gasteiger partial charge in [-0.05, 0) is 25.5 Å². The Hall–Kier alpha value is -1.45. The minimum atomic E-state index is -0.0568. The molecule has 0 unspecified atom stereocenters. The van der Waals surface area contributed by atoms with Crippen LogP contribution in [0.15, 0.2) is 21.5 Å². The number of guanidine groups is 1. The fourth-order valence-corrected chi connectivity index (χ4v) is 1.17. The predicted molar refractivity (Wildman–Crippen MR) is 52.3 cm³/mol. The van der Waals surface area contributed by atoms with Crippen molar-refractivity contribution in [3.8, 4) is 0 Å². The highest BCUT2D eigenvalue weighted by molar-refractivity contribution is 5.75. The maximum absolute atomic E-state index is 5.42. The molecule has 0 aliphatic heterocycles. The summed E-state index contributed by atoms with van der Waals surface area (Å²) in [6, 6.07) is 3.74. The Morgan fingerprint density at radius 2 is 2.23 bits per heavy atom. The van der Waals surface area contributed by atoms with Crippen molar-refractivity contribution in [3.63, 3.8) is 0 Å². The predicted octanol–water partition coefficient (Wildman–Crippen LogP) is 1.31. The van der Waals surface area contributed by atoms with Crippen LogP contribution in [0.5, 0.6) is 0 Å². The van der Waals surface area contributed by atoms with Crippen molar-refractivity contribution in [2.24, 2.45) is 16.5 Å². The van der Waals surface area contributed by atoms with Crippen LogP contribution in [0.1, 0.15) is 30.9 Å². The van der Waals surface area contributed by atoms with Gasteiger partial charge in [-0.15, -0.1) is 0 Å².